The number of nitrogens with one attached hydrogen (secondary N) is 1. The molecule has 1 unspecified atom stereocenters. The van der Waals surface area contributed by atoms with Crippen molar-refractivity contribution >= 4 is 40.6 Å². The maximum absolute atomic E-state index is 13.1. The number of halogens is 2. The summed E-state index contributed by atoms with van der Waals surface area (Å²) in [4.78, 5) is 29.6. The second-order valence-electron chi connectivity index (χ2n) is 7.20. The number of rotatable bonds is 5. The van der Waals surface area contributed by atoms with Gasteiger partial charge in [0.1, 0.15) is 5.82 Å². The summed E-state index contributed by atoms with van der Waals surface area (Å²) < 4.78 is 13.1. The van der Waals surface area contributed by atoms with Crippen LogP contribution < -0.4 is 5.32 Å². The third-order valence-corrected chi connectivity index (χ3v) is 6.40. The Balaban J connectivity index is 1.57. The topological polar surface area (TPSA) is 52.7 Å². The zero-order chi connectivity index (χ0) is 21.1. The first-order chi connectivity index (χ1) is 14.5. The molecule has 0 radical (unpaired) electrons. The third kappa shape index (κ3) is 4.75. The lowest BCUT2D eigenvalue weighted by Crippen LogP contribution is -2.48. The second kappa shape index (κ2) is 9.31. The van der Waals surface area contributed by atoms with Crippen molar-refractivity contribution < 1.29 is 14.0 Å². The largest absolute Gasteiger partial charge is 0.314 e. The Hall–Kier alpha value is -2.19. The first-order valence-electron chi connectivity index (χ1n) is 9.72. The van der Waals surface area contributed by atoms with Crippen LogP contribution in [-0.4, -0.2) is 53.7 Å². The van der Waals surface area contributed by atoms with E-state index in [1.54, 1.807) is 18.2 Å². The Kier molecular flexibility index (Phi) is 6.53. The lowest BCUT2D eigenvalue weighted by molar-refractivity contribution is -0.123. The quantitative estimate of drug-likeness (QED) is 0.700. The summed E-state index contributed by atoms with van der Waals surface area (Å²) >= 11 is 6.97. The van der Waals surface area contributed by atoms with Gasteiger partial charge >= 0.3 is 0 Å². The Morgan fingerprint density at radius 1 is 1.07 bits per heavy atom. The monoisotopic (exact) mass is 445 g/mol. The van der Waals surface area contributed by atoms with Gasteiger partial charge in [-0.3, -0.25) is 19.4 Å². The van der Waals surface area contributed by atoms with Crippen LogP contribution in [0.1, 0.15) is 17.2 Å². The van der Waals surface area contributed by atoms with Crippen LogP contribution in [0.2, 0.25) is 5.02 Å². The van der Waals surface area contributed by atoms with Gasteiger partial charge < -0.3 is 5.32 Å². The van der Waals surface area contributed by atoms with E-state index < -0.39 is 0 Å². The number of amides is 2. The molecule has 156 valence electrons. The fourth-order valence-electron chi connectivity index (χ4n) is 3.65. The SMILES string of the molecule is O=C1S/C(=C\c2ccc(F)cc2)C(=O)N1CC(c1ccc(Cl)cc1)N1CCNCC1. The number of benzene rings is 2. The Morgan fingerprint density at radius 2 is 1.73 bits per heavy atom. The lowest BCUT2D eigenvalue weighted by Gasteiger charge is -2.36. The predicted octanol–water partition coefficient (Wildman–Crippen LogP) is 4.16. The summed E-state index contributed by atoms with van der Waals surface area (Å²) in [5.74, 6) is -0.662. The highest BCUT2D eigenvalue weighted by Gasteiger charge is 2.38. The van der Waals surface area contributed by atoms with Gasteiger partial charge in [-0.1, -0.05) is 35.9 Å². The molecule has 1 atom stereocenters. The number of carbonyl (C=O) groups is 2. The van der Waals surface area contributed by atoms with Gasteiger partial charge in [-0.15, -0.1) is 0 Å². The van der Waals surface area contributed by atoms with Crippen molar-refractivity contribution in [3.05, 3.63) is 75.4 Å². The molecule has 2 aliphatic heterocycles. The molecule has 8 heteroatoms. The van der Waals surface area contributed by atoms with Gasteiger partial charge in [-0.2, -0.15) is 0 Å². The number of nitrogens with zero attached hydrogens (tertiary/aromatic N) is 2. The Bertz CT molecular complexity index is 959. The van der Waals surface area contributed by atoms with Crippen LogP contribution in [0.25, 0.3) is 6.08 Å². The van der Waals surface area contributed by atoms with E-state index in [0.717, 1.165) is 43.5 Å². The molecule has 2 aliphatic rings. The van der Waals surface area contributed by atoms with Gasteiger partial charge in [-0.25, -0.2) is 4.39 Å². The number of carbonyl (C=O) groups excluding carboxylic acids is 2. The van der Waals surface area contributed by atoms with E-state index >= 15 is 0 Å². The minimum atomic E-state index is -0.345. The van der Waals surface area contributed by atoms with E-state index in [1.165, 1.54) is 17.0 Å². The summed E-state index contributed by atoms with van der Waals surface area (Å²) in [6.45, 7) is 3.64. The van der Waals surface area contributed by atoms with Crippen LogP contribution in [-0.2, 0) is 4.79 Å². The molecule has 0 saturated carbocycles. The molecule has 2 aromatic carbocycles. The summed E-state index contributed by atoms with van der Waals surface area (Å²) in [6, 6.07) is 13.3. The van der Waals surface area contributed by atoms with E-state index in [0.29, 0.717) is 15.5 Å². The highest BCUT2D eigenvalue weighted by Crippen LogP contribution is 2.35. The molecular formula is C22H21ClFN3O2S. The highest BCUT2D eigenvalue weighted by atomic mass is 35.5. The van der Waals surface area contributed by atoms with Crippen molar-refractivity contribution in [3.8, 4) is 0 Å². The minimum Gasteiger partial charge on any atom is -0.314 e. The van der Waals surface area contributed by atoms with E-state index in [-0.39, 0.29) is 29.6 Å². The molecule has 0 bridgehead atoms. The standard InChI is InChI=1S/C22H21ClFN3O2S/c23-17-5-3-16(4-6-17)19(26-11-9-25-10-12-26)14-27-21(28)20(30-22(27)29)13-15-1-7-18(24)8-2-15/h1-8,13,19,25H,9-12,14H2/b20-13-. The number of hydrogen-bond acceptors (Lipinski definition) is 5. The highest BCUT2D eigenvalue weighted by molar-refractivity contribution is 8.18. The van der Waals surface area contributed by atoms with Gasteiger partial charge in [0.25, 0.3) is 11.1 Å². The van der Waals surface area contributed by atoms with Gasteiger partial charge in [-0.05, 0) is 53.2 Å². The molecule has 2 fully saturated rings. The van der Waals surface area contributed by atoms with Crippen molar-refractivity contribution in [1.29, 1.82) is 0 Å². The number of thioether (sulfide) groups is 1. The fraction of sp³-hybridized carbons (Fsp3) is 0.273. The van der Waals surface area contributed by atoms with Crippen molar-refractivity contribution in [2.75, 3.05) is 32.7 Å². The maximum atomic E-state index is 13.1. The molecule has 5 nitrogen and oxygen atoms in total. The second-order valence-corrected chi connectivity index (χ2v) is 8.63. The average molecular weight is 446 g/mol. The normalized spacial score (nSPS) is 20.2. The first-order valence-corrected chi connectivity index (χ1v) is 10.9. The first kappa shape index (κ1) is 21.1. The van der Waals surface area contributed by atoms with Crippen LogP contribution >= 0.6 is 23.4 Å². The fourth-order valence-corrected chi connectivity index (χ4v) is 4.63. The van der Waals surface area contributed by atoms with Gasteiger partial charge in [0.15, 0.2) is 0 Å². The van der Waals surface area contributed by atoms with Crippen LogP contribution in [0.5, 0.6) is 0 Å². The lowest BCUT2D eigenvalue weighted by atomic mass is 10.0. The van der Waals surface area contributed by atoms with Crippen molar-refractivity contribution in [3.63, 3.8) is 0 Å². The van der Waals surface area contributed by atoms with E-state index in [2.05, 4.69) is 10.2 Å². The van der Waals surface area contributed by atoms with E-state index in [9.17, 15) is 14.0 Å². The molecule has 0 aromatic heterocycles. The minimum absolute atomic E-state index is 0.108. The van der Waals surface area contributed by atoms with Crippen molar-refractivity contribution in [2.45, 2.75) is 6.04 Å². The van der Waals surface area contributed by atoms with Gasteiger partial charge in [0.05, 0.1) is 10.9 Å². The summed E-state index contributed by atoms with van der Waals surface area (Å²) in [6.07, 6.45) is 1.63. The number of hydrogen-bond donors (Lipinski definition) is 1. The smallest absolute Gasteiger partial charge is 0.293 e. The molecule has 2 saturated heterocycles. The van der Waals surface area contributed by atoms with Crippen molar-refractivity contribution in [1.82, 2.24) is 15.1 Å². The third-order valence-electron chi connectivity index (χ3n) is 5.24. The zero-order valence-corrected chi connectivity index (χ0v) is 17.8. The molecule has 1 N–H and O–H groups in total. The zero-order valence-electron chi connectivity index (χ0n) is 16.2. The maximum Gasteiger partial charge on any atom is 0.293 e. The van der Waals surface area contributed by atoms with E-state index in [4.69, 9.17) is 11.6 Å². The summed E-state index contributed by atoms with van der Waals surface area (Å²) in [5, 5.41) is 3.68. The molecule has 2 amide bonds. The molecule has 0 aliphatic carbocycles. The summed E-state index contributed by atoms with van der Waals surface area (Å²) in [7, 11) is 0. The van der Waals surface area contributed by atoms with Crippen LogP contribution in [0.3, 0.4) is 0 Å². The van der Waals surface area contributed by atoms with Crippen molar-refractivity contribution in [2.24, 2.45) is 0 Å². The molecular weight excluding hydrogens is 425 g/mol. The Morgan fingerprint density at radius 3 is 2.40 bits per heavy atom. The molecule has 0 spiro atoms. The van der Waals surface area contributed by atoms with E-state index in [1.807, 2.05) is 24.3 Å². The average Bonchev–Trinajstić information content (AvgIpc) is 3.02. The summed E-state index contributed by atoms with van der Waals surface area (Å²) in [5.41, 5.74) is 1.70. The molecule has 30 heavy (non-hydrogen) atoms. The Labute approximate surface area is 183 Å². The van der Waals surface area contributed by atoms with Crippen LogP contribution in [0.15, 0.2) is 53.4 Å². The van der Waals surface area contributed by atoms with Crippen LogP contribution in [0, 0.1) is 5.82 Å². The molecule has 2 aromatic rings. The number of piperazine rings is 1. The number of imide groups is 1. The van der Waals surface area contributed by atoms with Gasteiger partial charge in [0, 0.05) is 37.7 Å². The predicted molar refractivity (Wildman–Crippen MR) is 118 cm³/mol. The molecule has 2 heterocycles. The van der Waals surface area contributed by atoms with Crippen LogP contribution in [0.4, 0.5) is 9.18 Å². The van der Waals surface area contributed by atoms with Gasteiger partial charge in [0.2, 0.25) is 0 Å². The molecule has 4 rings (SSSR count).